The number of nitrogens with one attached hydrogen (secondary N) is 1. The van der Waals surface area contributed by atoms with Crippen LogP contribution in [-0.4, -0.2) is 18.1 Å². The highest BCUT2D eigenvalue weighted by molar-refractivity contribution is 5.72. The quantitative estimate of drug-likeness (QED) is 0.747. The fourth-order valence-corrected chi connectivity index (χ4v) is 2.34. The number of para-hydroxylation sites is 2. The van der Waals surface area contributed by atoms with Gasteiger partial charge in [-0.3, -0.25) is 0 Å². The van der Waals surface area contributed by atoms with Gasteiger partial charge in [0.25, 0.3) is 0 Å². The van der Waals surface area contributed by atoms with Crippen molar-refractivity contribution < 1.29 is 8.83 Å². The molecule has 4 heteroatoms. The summed E-state index contributed by atoms with van der Waals surface area (Å²) >= 11 is 0. The van der Waals surface area contributed by atoms with Crippen molar-refractivity contribution in [1.29, 1.82) is 0 Å². The molecule has 1 unspecified atom stereocenters. The molecule has 0 aliphatic heterocycles. The number of hydrogen-bond acceptors (Lipinski definition) is 4. The smallest absolute Gasteiger partial charge is 0.197 e. The molecule has 3 aromatic rings. The van der Waals surface area contributed by atoms with E-state index in [1.807, 2.05) is 43.4 Å². The molecule has 2 heterocycles. The first-order valence-electron chi connectivity index (χ1n) is 6.89. The molecule has 0 radical (unpaired) electrons. The number of aromatic nitrogens is 1. The van der Waals surface area contributed by atoms with Crippen LogP contribution in [0.4, 0.5) is 0 Å². The molecule has 20 heavy (non-hydrogen) atoms. The number of oxazole rings is 1. The van der Waals surface area contributed by atoms with Crippen LogP contribution in [0.2, 0.25) is 0 Å². The Morgan fingerprint density at radius 1 is 1.20 bits per heavy atom. The van der Waals surface area contributed by atoms with E-state index in [1.165, 1.54) is 0 Å². The van der Waals surface area contributed by atoms with Gasteiger partial charge in [-0.2, -0.15) is 0 Å². The topological polar surface area (TPSA) is 51.2 Å². The van der Waals surface area contributed by atoms with Gasteiger partial charge in [0.05, 0.1) is 6.26 Å². The molecule has 0 fully saturated rings. The number of furan rings is 1. The van der Waals surface area contributed by atoms with E-state index in [-0.39, 0.29) is 0 Å². The van der Waals surface area contributed by atoms with E-state index in [0.717, 1.165) is 42.0 Å². The lowest BCUT2D eigenvalue weighted by molar-refractivity contribution is 0.426. The maximum absolute atomic E-state index is 5.76. The highest BCUT2D eigenvalue weighted by Gasteiger charge is 2.13. The lowest BCUT2D eigenvalue weighted by atomic mass is 10.1. The Morgan fingerprint density at radius 3 is 2.85 bits per heavy atom. The Bertz CT molecular complexity index is 625. The van der Waals surface area contributed by atoms with E-state index >= 15 is 0 Å². The number of hydrogen-bond donors (Lipinski definition) is 1. The summed E-state index contributed by atoms with van der Waals surface area (Å²) in [7, 11) is 1.97. The van der Waals surface area contributed by atoms with E-state index in [4.69, 9.17) is 8.83 Å². The molecular formula is C16H18N2O2. The molecule has 4 nitrogen and oxygen atoms in total. The number of likely N-dealkylation sites (N-methyl/N-ethyl adjacent to an activating group) is 1. The second-order valence-electron chi connectivity index (χ2n) is 4.88. The Morgan fingerprint density at radius 2 is 2.10 bits per heavy atom. The summed E-state index contributed by atoms with van der Waals surface area (Å²) in [5.74, 6) is 1.80. The van der Waals surface area contributed by atoms with E-state index in [9.17, 15) is 0 Å². The van der Waals surface area contributed by atoms with Crippen LogP contribution in [0.1, 0.15) is 18.1 Å². The molecule has 1 aromatic carbocycles. The summed E-state index contributed by atoms with van der Waals surface area (Å²) in [4.78, 5) is 4.52. The summed E-state index contributed by atoms with van der Waals surface area (Å²) in [5.41, 5.74) is 1.77. The number of benzene rings is 1. The third-order valence-electron chi connectivity index (χ3n) is 3.49. The molecule has 0 spiro atoms. The molecule has 1 atom stereocenters. The molecule has 3 rings (SSSR count). The molecule has 104 valence electrons. The molecule has 0 saturated heterocycles. The van der Waals surface area contributed by atoms with Crippen LogP contribution in [0.25, 0.3) is 11.1 Å². The average Bonchev–Trinajstić information content (AvgIpc) is 3.11. The molecule has 1 N–H and O–H groups in total. The first-order valence-corrected chi connectivity index (χ1v) is 6.89. The van der Waals surface area contributed by atoms with Crippen LogP contribution in [0.3, 0.4) is 0 Å². The molecular weight excluding hydrogens is 252 g/mol. The van der Waals surface area contributed by atoms with Crippen molar-refractivity contribution >= 4 is 11.1 Å². The fraction of sp³-hybridized carbons (Fsp3) is 0.312. The van der Waals surface area contributed by atoms with Crippen molar-refractivity contribution in [2.45, 2.75) is 25.3 Å². The Kier molecular flexibility index (Phi) is 3.83. The van der Waals surface area contributed by atoms with Gasteiger partial charge in [-0.15, -0.1) is 0 Å². The van der Waals surface area contributed by atoms with E-state index in [2.05, 4.69) is 10.3 Å². The third-order valence-corrected chi connectivity index (χ3v) is 3.49. The second-order valence-corrected chi connectivity index (χ2v) is 4.88. The fourth-order valence-electron chi connectivity index (χ4n) is 2.34. The van der Waals surface area contributed by atoms with Gasteiger partial charge >= 0.3 is 0 Å². The van der Waals surface area contributed by atoms with Crippen molar-refractivity contribution in [2.24, 2.45) is 0 Å². The number of aryl methyl sites for hydroxylation is 1. The Hall–Kier alpha value is -2.07. The summed E-state index contributed by atoms with van der Waals surface area (Å²) < 4.78 is 11.1. The average molecular weight is 270 g/mol. The number of rotatable bonds is 6. The van der Waals surface area contributed by atoms with Crippen LogP contribution in [-0.2, 0) is 12.8 Å². The lowest BCUT2D eigenvalue weighted by Crippen LogP contribution is -2.28. The minimum atomic E-state index is 0.327. The van der Waals surface area contributed by atoms with Crippen LogP contribution >= 0.6 is 0 Å². The van der Waals surface area contributed by atoms with Gasteiger partial charge in [-0.1, -0.05) is 12.1 Å². The zero-order chi connectivity index (χ0) is 13.8. The highest BCUT2D eigenvalue weighted by Crippen LogP contribution is 2.17. The van der Waals surface area contributed by atoms with Crippen LogP contribution in [0.5, 0.6) is 0 Å². The van der Waals surface area contributed by atoms with Crippen molar-refractivity contribution in [1.82, 2.24) is 10.3 Å². The normalized spacial score (nSPS) is 12.8. The van der Waals surface area contributed by atoms with Crippen LogP contribution < -0.4 is 5.32 Å². The highest BCUT2D eigenvalue weighted by atomic mass is 16.3. The van der Waals surface area contributed by atoms with Crippen molar-refractivity contribution in [2.75, 3.05) is 7.05 Å². The van der Waals surface area contributed by atoms with Gasteiger partial charge in [-0.05, 0) is 37.7 Å². The molecule has 0 bridgehead atoms. The predicted molar refractivity (Wildman–Crippen MR) is 77.6 cm³/mol. The lowest BCUT2D eigenvalue weighted by Gasteiger charge is -2.13. The minimum Gasteiger partial charge on any atom is -0.469 e. The van der Waals surface area contributed by atoms with E-state index < -0.39 is 0 Å². The van der Waals surface area contributed by atoms with Gasteiger partial charge in [0.15, 0.2) is 11.5 Å². The van der Waals surface area contributed by atoms with Crippen LogP contribution in [0, 0.1) is 0 Å². The second kappa shape index (κ2) is 5.92. The Labute approximate surface area is 117 Å². The van der Waals surface area contributed by atoms with Gasteiger partial charge in [0, 0.05) is 18.9 Å². The summed E-state index contributed by atoms with van der Waals surface area (Å²) in [6.07, 6.45) is 4.40. The summed E-state index contributed by atoms with van der Waals surface area (Å²) in [6, 6.07) is 12.1. The summed E-state index contributed by atoms with van der Waals surface area (Å²) in [6.45, 7) is 0. The number of nitrogens with zero attached hydrogens (tertiary/aromatic N) is 1. The molecule has 0 aliphatic rings. The van der Waals surface area contributed by atoms with E-state index in [0.29, 0.717) is 6.04 Å². The van der Waals surface area contributed by atoms with Crippen molar-refractivity contribution in [3.05, 3.63) is 54.3 Å². The van der Waals surface area contributed by atoms with Gasteiger partial charge < -0.3 is 14.2 Å². The first-order chi connectivity index (χ1) is 9.85. The molecule has 0 saturated carbocycles. The van der Waals surface area contributed by atoms with Gasteiger partial charge in [0.2, 0.25) is 0 Å². The molecule has 0 aliphatic carbocycles. The third kappa shape index (κ3) is 2.91. The maximum Gasteiger partial charge on any atom is 0.197 e. The molecule has 0 amide bonds. The maximum atomic E-state index is 5.76. The van der Waals surface area contributed by atoms with E-state index in [1.54, 1.807) is 6.26 Å². The van der Waals surface area contributed by atoms with Crippen LogP contribution in [0.15, 0.2) is 51.5 Å². The zero-order valence-electron chi connectivity index (χ0n) is 11.5. The Balaban J connectivity index is 1.64. The molecule has 2 aromatic heterocycles. The van der Waals surface area contributed by atoms with Gasteiger partial charge in [0.1, 0.15) is 11.3 Å². The van der Waals surface area contributed by atoms with Gasteiger partial charge in [-0.25, -0.2) is 4.98 Å². The zero-order valence-corrected chi connectivity index (χ0v) is 11.5. The van der Waals surface area contributed by atoms with Crippen molar-refractivity contribution in [3.8, 4) is 0 Å². The first kappa shape index (κ1) is 12.9. The monoisotopic (exact) mass is 270 g/mol. The minimum absolute atomic E-state index is 0.327. The predicted octanol–water partition coefficient (Wildman–Crippen LogP) is 3.18. The standard InChI is InChI=1S/C16H18N2O2/c1-17-12(8-9-13-5-4-10-19-13)11-16-18-14-6-2-3-7-15(14)20-16/h2-7,10,12,17H,8-9,11H2,1H3. The summed E-state index contributed by atoms with van der Waals surface area (Å²) in [5, 5.41) is 3.32. The van der Waals surface area contributed by atoms with Crippen molar-refractivity contribution in [3.63, 3.8) is 0 Å². The SMILES string of the molecule is CNC(CCc1ccco1)Cc1nc2ccccc2o1. The largest absolute Gasteiger partial charge is 0.469 e. The number of fused-ring (bicyclic) bond motifs is 1.